The van der Waals surface area contributed by atoms with Gasteiger partial charge in [0.25, 0.3) is 0 Å². The van der Waals surface area contributed by atoms with Gasteiger partial charge in [-0.05, 0) is 45.3 Å². The average Bonchev–Trinajstić information content (AvgIpc) is 2.25. The van der Waals surface area contributed by atoms with E-state index in [1.165, 1.54) is 7.05 Å². The summed E-state index contributed by atoms with van der Waals surface area (Å²) in [4.78, 5) is 13.9. The molecule has 1 fully saturated rings. The minimum atomic E-state index is -4.75. The Morgan fingerprint density at radius 1 is 1.35 bits per heavy atom. The quantitative estimate of drug-likeness (QED) is 0.764. The number of alkyl halides is 3. The lowest BCUT2D eigenvalue weighted by atomic mass is 9.94. The highest BCUT2D eigenvalue weighted by Gasteiger charge is 2.41. The molecule has 0 atom stereocenters. The highest BCUT2D eigenvalue weighted by atomic mass is 19.4. The molecule has 0 aliphatic carbocycles. The molecule has 0 aromatic carbocycles. The van der Waals surface area contributed by atoms with Gasteiger partial charge in [0.15, 0.2) is 0 Å². The van der Waals surface area contributed by atoms with Crippen LogP contribution in [0.15, 0.2) is 0 Å². The number of rotatable bonds is 3. The minimum absolute atomic E-state index is 0.187. The Morgan fingerprint density at radius 2 is 1.88 bits per heavy atom. The number of nitrogens with zero attached hydrogens (tertiary/aromatic N) is 2. The molecular weight excluding hydrogens is 233 g/mol. The molecule has 1 rings (SSSR count). The van der Waals surface area contributed by atoms with Crippen molar-refractivity contribution < 1.29 is 18.0 Å². The molecule has 17 heavy (non-hydrogen) atoms. The molecule has 1 aliphatic rings. The van der Waals surface area contributed by atoms with Crippen molar-refractivity contribution in [2.75, 3.05) is 33.7 Å². The first-order valence-electron chi connectivity index (χ1n) is 5.81. The average molecular weight is 252 g/mol. The van der Waals surface area contributed by atoms with Gasteiger partial charge in [-0.1, -0.05) is 0 Å². The standard InChI is InChI=1S/C11H19F3N2O/c1-15-6-3-9(4-7-15)5-8-16(2)10(17)11(12,13)14/h9H,3-8H2,1-2H3. The van der Waals surface area contributed by atoms with Crippen LogP contribution in [0.3, 0.4) is 0 Å². The molecule has 0 saturated carbocycles. The molecule has 1 amide bonds. The predicted octanol–water partition coefficient (Wildman–Crippen LogP) is 1.74. The van der Waals surface area contributed by atoms with Crippen molar-refractivity contribution in [3.05, 3.63) is 0 Å². The molecule has 0 N–H and O–H groups in total. The van der Waals surface area contributed by atoms with Gasteiger partial charge in [0.05, 0.1) is 0 Å². The molecule has 3 nitrogen and oxygen atoms in total. The summed E-state index contributed by atoms with van der Waals surface area (Å²) in [5.41, 5.74) is 0. The van der Waals surface area contributed by atoms with Crippen molar-refractivity contribution in [3.63, 3.8) is 0 Å². The first-order valence-corrected chi connectivity index (χ1v) is 5.81. The highest BCUT2D eigenvalue weighted by molar-refractivity contribution is 5.81. The van der Waals surface area contributed by atoms with Gasteiger partial charge in [0.2, 0.25) is 0 Å². The number of amides is 1. The number of halogens is 3. The van der Waals surface area contributed by atoms with Gasteiger partial charge in [-0.3, -0.25) is 4.79 Å². The third-order valence-corrected chi connectivity index (χ3v) is 3.30. The van der Waals surface area contributed by atoms with Gasteiger partial charge < -0.3 is 9.80 Å². The third-order valence-electron chi connectivity index (χ3n) is 3.30. The van der Waals surface area contributed by atoms with Gasteiger partial charge in [-0.15, -0.1) is 0 Å². The first-order chi connectivity index (χ1) is 7.80. The Kier molecular flexibility index (Phi) is 4.80. The third kappa shape index (κ3) is 4.53. The van der Waals surface area contributed by atoms with Crippen molar-refractivity contribution in [2.45, 2.75) is 25.4 Å². The highest BCUT2D eigenvalue weighted by Crippen LogP contribution is 2.21. The SMILES string of the molecule is CN1CCC(CCN(C)C(=O)C(F)(F)F)CC1. The fourth-order valence-electron chi connectivity index (χ4n) is 2.04. The Hall–Kier alpha value is -0.780. The van der Waals surface area contributed by atoms with Crippen molar-refractivity contribution >= 4 is 5.91 Å². The van der Waals surface area contributed by atoms with Crippen LogP contribution in [0.2, 0.25) is 0 Å². The second kappa shape index (κ2) is 5.71. The van der Waals surface area contributed by atoms with Crippen LogP contribution in [-0.2, 0) is 4.79 Å². The zero-order chi connectivity index (χ0) is 13.1. The Balaban J connectivity index is 2.29. The first kappa shape index (κ1) is 14.3. The molecule has 0 aromatic rings. The van der Waals surface area contributed by atoms with E-state index in [1.807, 2.05) is 7.05 Å². The second-order valence-electron chi connectivity index (χ2n) is 4.76. The van der Waals surface area contributed by atoms with Crippen LogP contribution in [0.4, 0.5) is 13.2 Å². The fourth-order valence-corrected chi connectivity index (χ4v) is 2.04. The Morgan fingerprint density at radius 3 is 2.35 bits per heavy atom. The predicted molar refractivity (Wildman–Crippen MR) is 58.5 cm³/mol. The van der Waals surface area contributed by atoms with Crippen molar-refractivity contribution in [3.8, 4) is 0 Å². The van der Waals surface area contributed by atoms with Gasteiger partial charge in [-0.25, -0.2) is 0 Å². The van der Waals surface area contributed by atoms with Gasteiger partial charge in [0, 0.05) is 13.6 Å². The van der Waals surface area contributed by atoms with Gasteiger partial charge in [-0.2, -0.15) is 13.2 Å². The smallest absolute Gasteiger partial charge is 0.338 e. The monoisotopic (exact) mass is 252 g/mol. The summed E-state index contributed by atoms with van der Waals surface area (Å²) in [6.45, 7) is 2.16. The maximum Gasteiger partial charge on any atom is 0.471 e. The summed E-state index contributed by atoms with van der Waals surface area (Å²) >= 11 is 0. The summed E-state index contributed by atoms with van der Waals surface area (Å²) < 4.78 is 36.4. The molecule has 0 bridgehead atoms. The molecule has 1 saturated heterocycles. The summed E-state index contributed by atoms with van der Waals surface area (Å²) in [7, 11) is 3.25. The van der Waals surface area contributed by atoms with Crippen molar-refractivity contribution in [2.24, 2.45) is 5.92 Å². The van der Waals surface area contributed by atoms with E-state index in [2.05, 4.69) is 4.90 Å². The van der Waals surface area contributed by atoms with E-state index < -0.39 is 12.1 Å². The van der Waals surface area contributed by atoms with E-state index in [-0.39, 0.29) is 6.54 Å². The van der Waals surface area contributed by atoms with E-state index in [0.717, 1.165) is 30.8 Å². The topological polar surface area (TPSA) is 23.6 Å². The molecule has 1 aliphatic heterocycles. The molecule has 100 valence electrons. The van der Waals surface area contributed by atoms with Crippen LogP contribution in [0.5, 0.6) is 0 Å². The van der Waals surface area contributed by atoms with Crippen LogP contribution >= 0.6 is 0 Å². The van der Waals surface area contributed by atoms with Crippen LogP contribution in [-0.4, -0.2) is 55.6 Å². The van der Waals surface area contributed by atoms with Crippen LogP contribution in [0.1, 0.15) is 19.3 Å². The summed E-state index contributed by atoms with van der Waals surface area (Å²) in [5, 5.41) is 0. The van der Waals surface area contributed by atoms with E-state index in [9.17, 15) is 18.0 Å². The van der Waals surface area contributed by atoms with Crippen molar-refractivity contribution in [1.29, 1.82) is 0 Å². The lowest BCUT2D eigenvalue weighted by Gasteiger charge is -2.30. The van der Waals surface area contributed by atoms with Gasteiger partial charge >= 0.3 is 12.1 Å². The molecule has 0 unspecified atom stereocenters. The molecule has 1 heterocycles. The fraction of sp³-hybridized carbons (Fsp3) is 0.909. The number of likely N-dealkylation sites (tertiary alicyclic amines) is 1. The summed E-state index contributed by atoms with van der Waals surface area (Å²) in [5.74, 6) is -1.31. The molecule has 0 aromatic heterocycles. The molecule has 6 heteroatoms. The maximum atomic E-state index is 12.1. The summed E-state index contributed by atoms with van der Waals surface area (Å²) in [6.07, 6.45) is -2.08. The lowest BCUT2D eigenvalue weighted by molar-refractivity contribution is -0.184. The number of hydrogen-bond acceptors (Lipinski definition) is 2. The van der Waals surface area contributed by atoms with Crippen LogP contribution in [0.25, 0.3) is 0 Å². The molecule has 0 radical (unpaired) electrons. The number of hydrogen-bond donors (Lipinski definition) is 0. The Bertz CT molecular complexity index is 260. The number of carbonyl (C=O) groups excluding carboxylic acids is 1. The number of piperidine rings is 1. The largest absolute Gasteiger partial charge is 0.471 e. The van der Waals surface area contributed by atoms with Gasteiger partial charge in [0.1, 0.15) is 0 Å². The van der Waals surface area contributed by atoms with E-state index in [1.54, 1.807) is 0 Å². The van der Waals surface area contributed by atoms with E-state index in [0.29, 0.717) is 12.3 Å². The minimum Gasteiger partial charge on any atom is -0.338 e. The normalized spacial score (nSPS) is 19.4. The zero-order valence-corrected chi connectivity index (χ0v) is 10.3. The van der Waals surface area contributed by atoms with E-state index >= 15 is 0 Å². The van der Waals surface area contributed by atoms with Crippen LogP contribution < -0.4 is 0 Å². The second-order valence-corrected chi connectivity index (χ2v) is 4.76. The number of carbonyl (C=O) groups is 1. The summed E-state index contributed by atoms with van der Waals surface area (Å²) in [6, 6.07) is 0. The van der Waals surface area contributed by atoms with Crippen LogP contribution in [0, 0.1) is 5.92 Å². The van der Waals surface area contributed by atoms with E-state index in [4.69, 9.17) is 0 Å². The molecular formula is C11H19F3N2O. The molecule has 0 spiro atoms. The Labute approximate surface area is 99.6 Å². The lowest BCUT2D eigenvalue weighted by Crippen LogP contribution is -2.40. The van der Waals surface area contributed by atoms with Crippen molar-refractivity contribution in [1.82, 2.24) is 9.80 Å². The maximum absolute atomic E-state index is 12.1. The zero-order valence-electron chi connectivity index (χ0n) is 10.3.